The average Bonchev–Trinajstić information content (AvgIpc) is 3.27. The normalized spacial score (nSPS) is 11.3. The minimum atomic E-state index is -0.624. The van der Waals surface area contributed by atoms with E-state index in [0.29, 0.717) is 6.61 Å². The van der Waals surface area contributed by atoms with E-state index >= 15 is 0 Å². The first-order valence-electron chi connectivity index (χ1n) is 7.76. The molecule has 0 atom stereocenters. The molecule has 3 aromatic rings. The van der Waals surface area contributed by atoms with Gasteiger partial charge in [0.25, 0.3) is 0 Å². The number of hydrogen-bond acceptors (Lipinski definition) is 2. The van der Waals surface area contributed by atoms with Crippen molar-refractivity contribution in [2.75, 3.05) is 6.61 Å². The monoisotopic (exact) mass is 308 g/mol. The van der Waals surface area contributed by atoms with Crippen molar-refractivity contribution >= 4 is 5.97 Å². The van der Waals surface area contributed by atoms with Gasteiger partial charge in [-0.05, 0) is 36.8 Å². The highest BCUT2D eigenvalue weighted by atomic mass is 16.5. The van der Waals surface area contributed by atoms with Crippen molar-refractivity contribution in [3.63, 3.8) is 0 Å². The number of esters is 1. The molecule has 0 bridgehead atoms. The standard InChI is InChI=1S/C19H20N2O2/c1-2-23-18(22)14-19(16-10-6-12-20-16,17-11-7-13-21-17)15-8-4-3-5-9-15/h3-13,20-21H,2,14H2,1H3. The molecule has 0 fully saturated rings. The number of aromatic nitrogens is 2. The van der Waals surface area contributed by atoms with Gasteiger partial charge >= 0.3 is 5.97 Å². The van der Waals surface area contributed by atoms with Gasteiger partial charge in [-0.1, -0.05) is 30.3 Å². The van der Waals surface area contributed by atoms with Gasteiger partial charge in [0.2, 0.25) is 0 Å². The van der Waals surface area contributed by atoms with Gasteiger partial charge in [-0.2, -0.15) is 0 Å². The third-order valence-corrected chi connectivity index (χ3v) is 4.10. The molecule has 0 saturated carbocycles. The topological polar surface area (TPSA) is 57.9 Å². The Kier molecular flexibility index (Phi) is 4.33. The quantitative estimate of drug-likeness (QED) is 0.683. The summed E-state index contributed by atoms with van der Waals surface area (Å²) in [5.74, 6) is -0.222. The van der Waals surface area contributed by atoms with Crippen LogP contribution in [0.3, 0.4) is 0 Å². The van der Waals surface area contributed by atoms with Gasteiger partial charge in [-0.25, -0.2) is 0 Å². The van der Waals surface area contributed by atoms with Gasteiger partial charge < -0.3 is 14.7 Å². The molecule has 4 heteroatoms. The summed E-state index contributed by atoms with van der Waals surface area (Å²) in [6.07, 6.45) is 3.98. The van der Waals surface area contributed by atoms with E-state index in [9.17, 15) is 4.79 Å². The fourth-order valence-electron chi connectivity index (χ4n) is 3.09. The van der Waals surface area contributed by atoms with Crippen LogP contribution in [0.4, 0.5) is 0 Å². The molecule has 2 heterocycles. The first-order chi connectivity index (χ1) is 11.3. The highest BCUT2D eigenvalue weighted by molar-refractivity contribution is 5.74. The van der Waals surface area contributed by atoms with E-state index in [1.165, 1.54) is 0 Å². The summed E-state index contributed by atoms with van der Waals surface area (Å²) >= 11 is 0. The van der Waals surface area contributed by atoms with Crippen molar-refractivity contribution in [2.45, 2.75) is 18.8 Å². The lowest BCUT2D eigenvalue weighted by Gasteiger charge is -2.32. The fourth-order valence-corrected chi connectivity index (χ4v) is 3.09. The van der Waals surface area contributed by atoms with Gasteiger partial charge in [-0.15, -0.1) is 0 Å². The summed E-state index contributed by atoms with van der Waals surface area (Å²) in [6, 6.07) is 17.9. The van der Waals surface area contributed by atoms with Gasteiger partial charge in [0, 0.05) is 23.8 Å². The highest BCUT2D eigenvalue weighted by Gasteiger charge is 2.40. The van der Waals surface area contributed by atoms with Crippen molar-refractivity contribution in [1.29, 1.82) is 0 Å². The molecule has 0 amide bonds. The van der Waals surface area contributed by atoms with E-state index < -0.39 is 5.41 Å². The summed E-state index contributed by atoms with van der Waals surface area (Å²) < 4.78 is 5.25. The van der Waals surface area contributed by atoms with E-state index in [4.69, 9.17) is 4.74 Å². The third kappa shape index (κ3) is 2.80. The van der Waals surface area contributed by atoms with Crippen LogP contribution in [0, 0.1) is 0 Å². The summed E-state index contributed by atoms with van der Waals surface area (Å²) in [6.45, 7) is 2.20. The van der Waals surface area contributed by atoms with Crippen molar-refractivity contribution in [2.24, 2.45) is 0 Å². The molecule has 0 saturated heterocycles. The number of rotatable bonds is 6. The van der Waals surface area contributed by atoms with Crippen LogP contribution in [0.2, 0.25) is 0 Å². The summed E-state index contributed by atoms with van der Waals surface area (Å²) in [5, 5.41) is 0. The second kappa shape index (κ2) is 6.57. The van der Waals surface area contributed by atoms with Gasteiger partial charge in [-0.3, -0.25) is 4.79 Å². The Bertz CT molecular complexity index is 697. The number of H-pyrrole nitrogens is 2. The molecule has 118 valence electrons. The number of ether oxygens (including phenoxy) is 1. The Hall–Kier alpha value is -2.75. The van der Waals surface area contributed by atoms with Crippen LogP contribution >= 0.6 is 0 Å². The number of nitrogens with one attached hydrogen (secondary N) is 2. The van der Waals surface area contributed by atoms with Crippen molar-refractivity contribution in [1.82, 2.24) is 9.97 Å². The average molecular weight is 308 g/mol. The van der Waals surface area contributed by atoms with Crippen LogP contribution in [-0.4, -0.2) is 22.5 Å². The van der Waals surface area contributed by atoms with Crippen molar-refractivity contribution < 1.29 is 9.53 Å². The predicted octanol–water partition coefficient (Wildman–Crippen LogP) is 3.63. The number of carbonyl (C=O) groups is 1. The Morgan fingerprint density at radius 1 is 0.957 bits per heavy atom. The van der Waals surface area contributed by atoms with Crippen LogP contribution in [0.1, 0.15) is 30.3 Å². The number of hydrogen-bond donors (Lipinski definition) is 2. The Balaban J connectivity index is 2.20. The number of aromatic amines is 2. The molecule has 1 aromatic carbocycles. The molecule has 23 heavy (non-hydrogen) atoms. The SMILES string of the molecule is CCOC(=O)CC(c1ccccc1)(c1ccc[nH]1)c1ccc[nH]1. The summed E-state index contributed by atoms with van der Waals surface area (Å²) in [7, 11) is 0. The molecule has 2 aromatic heterocycles. The van der Waals surface area contributed by atoms with Gasteiger partial charge in [0.15, 0.2) is 0 Å². The highest BCUT2D eigenvalue weighted by Crippen LogP contribution is 2.40. The molecule has 4 nitrogen and oxygen atoms in total. The van der Waals surface area contributed by atoms with E-state index in [0.717, 1.165) is 17.0 Å². The summed E-state index contributed by atoms with van der Waals surface area (Å²) in [5.41, 5.74) is 2.33. The lowest BCUT2D eigenvalue weighted by molar-refractivity contribution is -0.144. The molecule has 3 rings (SSSR count). The summed E-state index contributed by atoms with van der Waals surface area (Å²) in [4.78, 5) is 18.9. The second-order valence-corrected chi connectivity index (χ2v) is 5.42. The molecule has 0 aliphatic carbocycles. The van der Waals surface area contributed by atoms with Gasteiger partial charge in [0.1, 0.15) is 0 Å². The maximum atomic E-state index is 12.4. The van der Waals surface area contributed by atoms with Crippen LogP contribution in [0.15, 0.2) is 67.0 Å². The third-order valence-electron chi connectivity index (χ3n) is 4.10. The first kappa shape index (κ1) is 15.2. The van der Waals surface area contributed by atoms with E-state index in [-0.39, 0.29) is 12.4 Å². The van der Waals surface area contributed by atoms with E-state index in [1.807, 2.05) is 73.9 Å². The van der Waals surface area contributed by atoms with Crippen molar-refractivity contribution in [3.05, 3.63) is 83.9 Å². The maximum Gasteiger partial charge on any atom is 0.307 e. The van der Waals surface area contributed by atoms with E-state index in [1.54, 1.807) is 0 Å². The Morgan fingerprint density at radius 3 is 2.04 bits per heavy atom. The zero-order valence-electron chi connectivity index (χ0n) is 13.1. The minimum Gasteiger partial charge on any atom is -0.466 e. The second-order valence-electron chi connectivity index (χ2n) is 5.42. The molecular weight excluding hydrogens is 288 g/mol. The lowest BCUT2D eigenvalue weighted by atomic mass is 9.72. The van der Waals surface area contributed by atoms with Crippen LogP contribution in [0.25, 0.3) is 0 Å². The fraction of sp³-hybridized carbons (Fsp3) is 0.211. The Morgan fingerprint density at radius 2 is 1.57 bits per heavy atom. The lowest BCUT2D eigenvalue weighted by Crippen LogP contribution is -2.34. The molecule has 0 aliphatic rings. The maximum absolute atomic E-state index is 12.4. The Labute approximate surface area is 135 Å². The van der Waals surface area contributed by atoms with Crippen molar-refractivity contribution in [3.8, 4) is 0 Å². The smallest absolute Gasteiger partial charge is 0.307 e. The zero-order chi connectivity index (χ0) is 16.1. The number of carbonyl (C=O) groups excluding carboxylic acids is 1. The van der Waals surface area contributed by atoms with Gasteiger partial charge in [0.05, 0.1) is 18.4 Å². The van der Waals surface area contributed by atoms with Crippen LogP contribution in [-0.2, 0) is 14.9 Å². The molecule has 0 radical (unpaired) electrons. The molecular formula is C19H20N2O2. The van der Waals surface area contributed by atoms with Crippen LogP contribution in [0.5, 0.6) is 0 Å². The molecule has 2 N–H and O–H groups in total. The molecule has 0 aliphatic heterocycles. The molecule has 0 spiro atoms. The molecule has 0 unspecified atom stereocenters. The largest absolute Gasteiger partial charge is 0.466 e. The minimum absolute atomic E-state index is 0.222. The van der Waals surface area contributed by atoms with Crippen LogP contribution < -0.4 is 0 Å². The van der Waals surface area contributed by atoms with E-state index in [2.05, 4.69) is 9.97 Å². The zero-order valence-corrected chi connectivity index (χ0v) is 13.1. The number of benzene rings is 1. The predicted molar refractivity (Wildman–Crippen MR) is 89.2 cm³/mol. The first-order valence-corrected chi connectivity index (χ1v) is 7.76.